The van der Waals surface area contributed by atoms with E-state index in [9.17, 15) is 10.1 Å². The summed E-state index contributed by atoms with van der Waals surface area (Å²) in [6, 6.07) is 5.83. The van der Waals surface area contributed by atoms with Crippen LogP contribution in [0.5, 0.6) is 0 Å². The molecule has 0 radical (unpaired) electrons. The van der Waals surface area contributed by atoms with E-state index in [2.05, 4.69) is 18.7 Å². The molecule has 0 amide bonds. The first-order valence-electron chi connectivity index (χ1n) is 7.71. The molecule has 0 N–H and O–H groups in total. The third kappa shape index (κ3) is 3.11. The molecule has 0 fully saturated rings. The number of rotatable bonds is 7. The number of fused-ring (bicyclic) bond motifs is 1. The monoisotopic (exact) mass is 276 g/mol. The van der Waals surface area contributed by atoms with Crippen LogP contribution in [0, 0.1) is 10.1 Å². The van der Waals surface area contributed by atoms with Crippen molar-refractivity contribution in [3.05, 3.63) is 33.9 Å². The van der Waals surface area contributed by atoms with E-state index in [1.165, 1.54) is 31.4 Å². The molecule has 1 aromatic carbocycles. The SMILES string of the molecule is CCCCCCN1c2ccc([N+](=O)[O-])cc2C[C@H]1CC. The van der Waals surface area contributed by atoms with Crippen molar-refractivity contribution in [3.63, 3.8) is 0 Å². The third-order valence-electron chi connectivity index (χ3n) is 4.20. The summed E-state index contributed by atoms with van der Waals surface area (Å²) in [6.07, 6.45) is 7.06. The van der Waals surface area contributed by atoms with E-state index in [4.69, 9.17) is 0 Å². The molecule has 0 bridgehead atoms. The molecule has 0 aliphatic carbocycles. The Morgan fingerprint density at radius 1 is 1.30 bits per heavy atom. The molecule has 20 heavy (non-hydrogen) atoms. The first kappa shape index (κ1) is 14.8. The van der Waals surface area contributed by atoms with Gasteiger partial charge in [0.1, 0.15) is 0 Å². The lowest BCUT2D eigenvalue weighted by atomic mass is 10.1. The standard InChI is InChI=1S/C16H24N2O2/c1-3-5-6-7-10-17-14(4-2)11-13-12-15(18(19)20)8-9-16(13)17/h8-9,12,14H,3-7,10-11H2,1-2H3/t14-/m1/s1. The average molecular weight is 276 g/mol. The molecule has 4 heteroatoms. The van der Waals surface area contributed by atoms with Gasteiger partial charge in [0.25, 0.3) is 5.69 Å². The minimum absolute atomic E-state index is 0.214. The van der Waals surface area contributed by atoms with E-state index < -0.39 is 0 Å². The largest absolute Gasteiger partial charge is 0.368 e. The van der Waals surface area contributed by atoms with Gasteiger partial charge in [0.15, 0.2) is 0 Å². The van der Waals surface area contributed by atoms with Crippen LogP contribution < -0.4 is 4.90 Å². The fourth-order valence-electron chi connectivity index (χ4n) is 3.07. The minimum Gasteiger partial charge on any atom is -0.368 e. The zero-order valence-corrected chi connectivity index (χ0v) is 12.5. The lowest BCUT2D eigenvalue weighted by molar-refractivity contribution is -0.384. The molecule has 0 aromatic heterocycles. The highest BCUT2D eigenvalue weighted by Crippen LogP contribution is 2.36. The molecular weight excluding hydrogens is 252 g/mol. The van der Waals surface area contributed by atoms with E-state index >= 15 is 0 Å². The van der Waals surface area contributed by atoms with Gasteiger partial charge in [-0.05, 0) is 30.9 Å². The molecule has 0 spiro atoms. The van der Waals surface area contributed by atoms with Crippen LogP contribution in [0.2, 0.25) is 0 Å². The van der Waals surface area contributed by atoms with E-state index in [1.807, 2.05) is 6.07 Å². The Kier molecular flexibility index (Phi) is 4.99. The van der Waals surface area contributed by atoms with Crippen LogP contribution in [-0.2, 0) is 6.42 Å². The summed E-state index contributed by atoms with van der Waals surface area (Å²) in [4.78, 5) is 13.0. The Morgan fingerprint density at radius 3 is 2.75 bits per heavy atom. The molecule has 1 atom stereocenters. The summed E-state index contributed by atoms with van der Waals surface area (Å²) in [5, 5.41) is 10.9. The van der Waals surface area contributed by atoms with Gasteiger partial charge >= 0.3 is 0 Å². The van der Waals surface area contributed by atoms with Crippen LogP contribution in [-0.4, -0.2) is 17.5 Å². The van der Waals surface area contributed by atoms with E-state index in [-0.39, 0.29) is 10.6 Å². The van der Waals surface area contributed by atoms with E-state index in [0.29, 0.717) is 6.04 Å². The van der Waals surface area contributed by atoms with Crippen molar-refractivity contribution in [2.45, 2.75) is 58.4 Å². The summed E-state index contributed by atoms with van der Waals surface area (Å²) in [5.41, 5.74) is 2.56. The van der Waals surface area contributed by atoms with Gasteiger partial charge < -0.3 is 4.90 Å². The summed E-state index contributed by atoms with van der Waals surface area (Å²) in [6.45, 7) is 5.49. The number of nitrogens with zero attached hydrogens (tertiary/aromatic N) is 2. The molecule has 1 aliphatic heterocycles. The highest BCUT2D eigenvalue weighted by Gasteiger charge is 2.28. The Labute approximate surface area is 120 Å². The zero-order chi connectivity index (χ0) is 14.5. The number of anilines is 1. The fraction of sp³-hybridized carbons (Fsp3) is 0.625. The summed E-state index contributed by atoms with van der Waals surface area (Å²) in [7, 11) is 0. The summed E-state index contributed by atoms with van der Waals surface area (Å²) in [5.74, 6) is 0. The smallest absolute Gasteiger partial charge is 0.269 e. The highest BCUT2D eigenvalue weighted by atomic mass is 16.6. The van der Waals surface area contributed by atoms with Crippen molar-refractivity contribution >= 4 is 11.4 Å². The topological polar surface area (TPSA) is 46.4 Å². The molecule has 1 aromatic rings. The molecule has 110 valence electrons. The Balaban J connectivity index is 2.11. The number of hydrogen-bond acceptors (Lipinski definition) is 3. The number of non-ortho nitro benzene ring substituents is 1. The molecule has 1 heterocycles. The first-order chi connectivity index (χ1) is 9.67. The van der Waals surface area contributed by atoms with Crippen LogP contribution in [0.25, 0.3) is 0 Å². The van der Waals surface area contributed by atoms with Gasteiger partial charge in [-0.3, -0.25) is 10.1 Å². The van der Waals surface area contributed by atoms with Gasteiger partial charge in [0.2, 0.25) is 0 Å². The Morgan fingerprint density at radius 2 is 2.10 bits per heavy atom. The van der Waals surface area contributed by atoms with Crippen LogP contribution in [0.4, 0.5) is 11.4 Å². The second-order valence-electron chi connectivity index (χ2n) is 5.59. The maximum atomic E-state index is 10.9. The van der Waals surface area contributed by atoms with Gasteiger partial charge in [0, 0.05) is 30.4 Å². The predicted octanol–water partition coefficient (Wildman–Crippen LogP) is 4.32. The maximum Gasteiger partial charge on any atom is 0.269 e. The van der Waals surface area contributed by atoms with Crippen molar-refractivity contribution in [2.24, 2.45) is 0 Å². The lowest BCUT2D eigenvalue weighted by Crippen LogP contribution is -2.32. The van der Waals surface area contributed by atoms with Gasteiger partial charge in [-0.1, -0.05) is 33.1 Å². The molecule has 0 saturated carbocycles. The maximum absolute atomic E-state index is 10.9. The van der Waals surface area contributed by atoms with Gasteiger partial charge in [0.05, 0.1) is 4.92 Å². The second-order valence-corrected chi connectivity index (χ2v) is 5.59. The lowest BCUT2D eigenvalue weighted by Gasteiger charge is -2.26. The zero-order valence-electron chi connectivity index (χ0n) is 12.5. The number of unbranched alkanes of at least 4 members (excludes halogenated alkanes) is 3. The van der Waals surface area contributed by atoms with Crippen molar-refractivity contribution < 1.29 is 4.92 Å². The minimum atomic E-state index is -0.300. The average Bonchev–Trinajstić information content (AvgIpc) is 2.80. The first-order valence-corrected chi connectivity index (χ1v) is 7.71. The van der Waals surface area contributed by atoms with Gasteiger partial charge in [-0.15, -0.1) is 0 Å². The Hall–Kier alpha value is -1.58. The summed E-state index contributed by atoms with van der Waals surface area (Å²) < 4.78 is 0. The van der Waals surface area contributed by atoms with Crippen LogP contribution in [0.15, 0.2) is 18.2 Å². The third-order valence-corrected chi connectivity index (χ3v) is 4.20. The Bertz CT molecular complexity index is 474. The van der Waals surface area contributed by atoms with Crippen molar-refractivity contribution in [3.8, 4) is 0 Å². The number of nitro benzene ring substituents is 1. The van der Waals surface area contributed by atoms with Gasteiger partial charge in [-0.2, -0.15) is 0 Å². The van der Waals surface area contributed by atoms with E-state index in [0.717, 1.165) is 24.9 Å². The summed E-state index contributed by atoms with van der Waals surface area (Å²) >= 11 is 0. The van der Waals surface area contributed by atoms with Crippen molar-refractivity contribution in [2.75, 3.05) is 11.4 Å². The van der Waals surface area contributed by atoms with Crippen molar-refractivity contribution in [1.82, 2.24) is 0 Å². The molecule has 2 rings (SSSR count). The van der Waals surface area contributed by atoms with E-state index in [1.54, 1.807) is 12.1 Å². The molecule has 4 nitrogen and oxygen atoms in total. The van der Waals surface area contributed by atoms with Crippen LogP contribution in [0.1, 0.15) is 51.5 Å². The number of benzene rings is 1. The number of nitro groups is 1. The quantitative estimate of drug-likeness (QED) is 0.423. The fourth-order valence-corrected chi connectivity index (χ4v) is 3.07. The molecule has 0 saturated heterocycles. The van der Waals surface area contributed by atoms with Gasteiger partial charge in [-0.25, -0.2) is 0 Å². The normalized spacial score (nSPS) is 17.3. The highest BCUT2D eigenvalue weighted by molar-refractivity contribution is 5.62. The molecular formula is C16H24N2O2. The number of hydrogen-bond donors (Lipinski definition) is 0. The van der Waals surface area contributed by atoms with Crippen LogP contribution >= 0.6 is 0 Å². The second kappa shape index (κ2) is 6.73. The molecule has 0 unspecified atom stereocenters. The van der Waals surface area contributed by atoms with Crippen LogP contribution in [0.3, 0.4) is 0 Å². The van der Waals surface area contributed by atoms with Crippen molar-refractivity contribution in [1.29, 1.82) is 0 Å². The predicted molar refractivity (Wildman–Crippen MR) is 82.4 cm³/mol. The molecule has 1 aliphatic rings.